The first-order chi connectivity index (χ1) is 20.8. The van der Waals surface area contributed by atoms with E-state index in [1.54, 1.807) is 0 Å². The predicted octanol–water partition coefficient (Wildman–Crippen LogP) is 5.44. The minimum atomic E-state index is -2.95. The van der Waals surface area contributed by atoms with Gasteiger partial charge in [0.25, 0.3) is 8.32 Å². The molecule has 43 heavy (non-hydrogen) atoms. The van der Waals surface area contributed by atoms with Crippen molar-refractivity contribution in [2.24, 2.45) is 0 Å². The molecule has 0 heterocycles. The van der Waals surface area contributed by atoms with Crippen LogP contribution in [0.25, 0.3) is 0 Å². The molecule has 0 saturated heterocycles. The standard InChI is InChI=1S/C36H42O6Si/c1-36(2,3)43(30-21-13-7-14-22-30,31-23-15-8-16-24-31)42-26-32(41-27-40-25-28-17-9-5-10-18-28)33(34(37)35(38)39-4)29-19-11-6-12-20-29/h5-24,32-34,37H,25-27H2,1-4H3/t32-,33-,34+/m1/s1. The summed E-state index contributed by atoms with van der Waals surface area (Å²) in [6, 6.07) is 39.9. The van der Waals surface area contributed by atoms with Crippen molar-refractivity contribution in [3.05, 3.63) is 132 Å². The van der Waals surface area contributed by atoms with Crippen molar-refractivity contribution in [1.82, 2.24) is 0 Å². The van der Waals surface area contributed by atoms with Crippen molar-refractivity contribution in [2.75, 3.05) is 20.5 Å². The molecule has 0 amide bonds. The highest BCUT2D eigenvalue weighted by atomic mass is 28.4. The normalized spacial score (nSPS) is 14.1. The second-order valence-electron chi connectivity index (χ2n) is 11.5. The Hall–Kier alpha value is -3.59. The van der Waals surface area contributed by atoms with E-state index in [9.17, 15) is 9.90 Å². The van der Waals surface area contributed by atoms with Crippen LogP contribution >= 0.6 is 0 Å². The van der Waals surface area contributed by atoms with E-state index in [4.69, 9.17) is 18.6 Å². The third-order valence-electron chi connectivity index (χ3n) is 7.73. The molecule has 6 nitrogen and oxygen atoms in total. The Morgan fingerprint density at radius 1 is 0.767 bits per heavy atom. The second kappa shape index (κ2) is 15.2. The largest absolute Gasteiger partial charge is 0.467 e. The van der Waals surface area contributed by atoms with Gasteiger partial charge in [0.1, 0.15) is 6.79 Å². The fraction of sp³-hybridized carbons (Fsp3) is 0.306. The van der Waals surface area contributed by atoms with Crippen LogP contribution in [0.4, 0.5) is 0 Å². The summed E-state index contributed by atoms with van der Waals surface area (Å²) in [5, 5.41) is 13.3. The van der Waals surface area contributed by atoms with Crippen molar-refractivity contribution in [3.63, 3.8) is 0 Å². The summed E-state index contributed by atoms with van der Waals surface area (Å²) in [6.45, 7) is 7.03. The van der Waals surface area contributed by atoms with E-state index in [2.05, 4.69) is 45.0 Å². The van der Waals surface area contributed by atoms with Crippen molar-refractivity contribution in [3.8, 4) is 0 Å². The molecule has 0 radical (unpaired) electrons. The molecule has 0 aliphatic carbocycles. The lowest BCUT2D eigenvalue weighted by Gasteiger charge is -2.44. The molecule has 4 aromatic rings. The summed E-state index contributed by atoms with van der Waals surface area (Å²) in [5.74, 6) is -1.51. The summed E-state index contributed by atoms with van der Waals surface area (Å²) in [4.78, 5) is 12.8. The zero-order valence-electron chi connectivity index (χ0n) is 25.4. The maximum absolute atomic E-state index is 12.8. The molecule has 226 valence electrons. The van der Waals surface area contributed by atoms with Crippen LogP contribution in [0.15, 0.2) is 121 Å². The zero-order chi connectivity index (χ0) is 30.7. The lowest BCUT2D eigenvalue weighted by atomic mass is 9.88. The summed E-state index contributed by atoms with van der Waals surface area (Å²) in [6.07, 6.45) is -2.22. The molecule has 0 aliphatic heterocycles. The predicted molar refractivity (Wildman–Crippen MR) is 172 cm³/mol. The number of carbonyl (C=O) groups is 1. The SMILES string of the molecule is COC(=O)[C@@H](O)[C@H](c1ccccc1)[C@@H](CO[Si](c1ccccc1)(c1ccccc1)C(C)(C)C)OCOCc1ccccc1. The summed E-state index contributed by atoms with van der Waals surface area (Å²) < 4.78 is 24.5. The fourth-order valence-corrected chi connectivity index (χ4v) is 10.2. The Morgan fingerprint density at radius 3 is 1.74 bits per heavy atom. The van der Waals surface area contributed by atoms with Gasteiger partial charge in [0.2, 0.25) is 0 Å². The van der Waals surface area contributed by atoms with E-state index < -0.39 is 32.4 Å². The number of rotatable bonds is 14. The average Bonchev–Trinajstić information content (AvgIpc) is 3.04. The van der Waals surface area contributed by atoms with Crippen LogP contribution in [0.1, 0.15) is 37.8 Å². The minimum Gasteiger partial charge on any atom is -0.467 e. The van der Waals surface area contributed by atoms with Crippen molar-refractivity contribution in [2.45, 2.75) is 50.5 Å². The van der Waals surface area contributed by atoms with Gasteiger partial charge in [0.15, 0.2) is 6.10 Å². The lowest BCUT2D eigenvalue weighted by Crippen LogP contribution is -2.67. The van der Waals surface area contributed by atoms with Crippen LogP contribution in [-0.4, -0.2) is 52.1 Å². The highest BCUT2D eigenvalue weighted by Crippen LogP contribution is 2.38. The highest BCUT2D eigenvalue weighted by Gasteiger charge is 2.51. The van der Waals surface area contributed by atoms with Gasteiger partial charge >= 0.3 is 5.97 Å². The van der Waals surface area contributed by atoms with Crippen molar-refractivity contribution in [1.29, 1.82) is 0 Å². The molecular formula is C36H42O6Si. The monoisotopic (exact) mass is 598 g/mol. The van der Waals surface area contributed by atoms with Gasteiger partial charge in [0.05, 0.1) is 26.4 Å². The lowest BCUT2D eigenvalue weighted by molar-refractivity contribution is -0.160. The summed E-state index contributed by atoms with van der Waals surface area (Å²) >= 11 is 0. The number of ether oxygens (including phenoxy) is 3. The number of carbonyl (C=O) groups excluding carboxylic acids is 1. The number of aliphatic hydroxyl groups is 1. The van der Waals surface area contributed by atoms with Crippen LogP contribution < -0.4 is 10.4 Å². The number of methoxy groups -OCH3 is 1. The first kappa shape index (κ1) is 32.3. The maximum atomic E-state index is 12.8. The van der Waals surface area contributed by atoms with Gasteiger partial charge in [-0.1, -0.05) is 142 Å². The van der Waals surface area contributed by atoms with E-state index in [0.29, 0.717) is 6.61 Å². The molecule has 0 unspecified atom stereocenters. The molecule has 0 fully saturated rings. The number of hydrogen-bond donors (Lipinski definition) is 1. The average molecular weight is 599 g/mol. The molecule has 0 bridgehead atoms. The zero-order valence-corrected chi connectivity index (χ0v) is 26.4. The van der Waals surface area contributed by atoms with E-state index in [-0.39, 0.29) is 18.4 Å². The van der Waals surface area contributed by atoms with Crippen LogP contribution in [0.5, 0.6) is 0 Å². The molecular weight excluding hydrogens is 556 g/mol. The molecule has 7 heteroatoms. The second-order valence-corrected chi connectivity index (χ2v) is 15.8. The number of hydrogen-bond acceptors (Lipinski definition) is 6. The van der Waals surface area contributed by atoms with Gasteiger partial charge in [-0.25, -0.2) is 4.79 Å². The maximum Gasteiger partial charge on any atom is 0.335 e. The Labute approximate surface area is 256 Å². The third kappa shape index (κ3) is 7.87. The molecule has 4 aromatic carbocycles. The van der Waals surface area contributed by atoms with Gasteiger partial charge < -0.3 is 23.7 Å². The number of esters is 1. The van der Waals surface area contributed by atoms with Crippen molar-refractivity contribution >= 4 is 24.7 Å². The van der Waals surface area contributed by atoms with Crippen LogP contribution in [0.3, 0.4) is 0 Å². The summed E-state index contributed by atoms with van der Waals surface area (Å²) in [7, 11) is -1.68. The highest BCUT2D eigenvalue weighted by molar-refractivity contribution is 6.99. The number of benzene rings is 4. The molecule has 0 aliphatic rings. The van der Waals surface area contributed by atoms with Crippen LogP contribution in [0, 0.1) is 0 Å². The third-order valence-corrected chi connectivity index (χ3v) is 12.7. The Bertz CT molecular complexity index is 1340. The van der Waals surface area contributed by atoms with Gasteiger partial charge in [0, 0.05) is 5.92 Å². The van der Waals surface area contributed by atoms with Gasteiger partial charge in [-0.15, -0.1) is 0 Å². The molecule has 3 atom stereocenters. The number of aliphatic hydroxyl groups excluding tert-OH is 1. The fourth-order valence-electron chi connectivity index (χ4n) is 5.64. The quantitative estimate of drug-likeness (QED) is 0.0902. The first-order valence-corrected chi connectivity index (χ1v) is 16.5. The Morgan fingerprint density at radius 2 is 1.26 bits per heavy atom. The molecule has 0 saturated carbocycles. The molecule has 0 aromatic heterocycles. The van der Waals surface area contributed by atoms with Gasteiger partial charge in [-0.05, 0) is 26.5 Å². The van der Waals surface area contributed by atoms with Crippen LogP contribution in [0.2, 0.25) is 5.04 Å². The summed E-state index contributed by atoms with van der Waals surface area (Å²) in [5.41, 5.74) is 1.75. The Balaban J connectivity index is 1.73. The van der Waals surface area contributed by atoms with E-state index >= 15 is 0 Å². The van der Waals surface area contributed by atoms with E-state index in [1.807, 2.05) is 97.1 Å². The van der Waals surface area contributed by atoms with E-state index in [0.717, 1.165) is 21.5 Å². The smallest absolute Gasteiger partial charge is 0.335 e. The van der Waals surface area contributed by atoms with Crippen molar-refractivity contribution < 1.29 is 28.5 Å². The topological polar surface area (TPSA) is 74.2 Å². The van der Waals surface area contributed by atoms with E-state index in [1.165, 1.54) is 7.11 Å². The molecule has 0 spiro atoms. The molecule has 4 rings (SSSR count). The Kier molecular flexibility index (Phi) is 11.4. The molecule has 1 N–H and O–H groups in total. The minimum absolute atomic E-state index is 0.0547. The van der Waals surface area contributed by atoms with Gasteiger partial charge in [-0.2, -0.15) is 0 Å². The van der Waals surface area contributed by atoms with Gasteiger partial charge in [-0.3, -0.25) is 0 Å². The van der Waals surface area contributed by atoms with Crippen LogP contribution in [-0.2, 0) is 30.0 Å². The first-order valence-electron chi connectivity index (χ1n) is 14.6.